The minimum atomic E-state index is 0.958. The Morgan fingerprint density at radius 2 is 2.00 bits per heavy atom. The van der Waals surface area contributed by atoms with Gasteiger partial charge in [-0.1, -0.05) is 43.2 Å². The Labute approximate surface area is 115 Å². The van der Waals surface area contributed by atoms with Crippen molar-refractivity contribution in [3.8, 4) is 0 Å². The molecule has 0 bridgehead atoms. The van der Waals surface area contributed by atoms with Crippen molar-refractivity contribution in [1.29, 1.82) is 0 Å². The van der Waals surface area contributed by atoms with Crippen LogP contribution in [0.3, 0.4) is 0 Å². The average molecular weight is 262 g/mol. The fraction of sp³-hybridized carbons (Fsp3) is 0.467. The lowest BCUT2D eigenvalue weighted by Gasteiger charge is -2.01. The van der Waals surface area contributed by atoms with Crippen molar-refractivity contribution in [1.82, 2.24) is 0 Å². The van der Waals surface area contributed by atoms with Gasteiger partial charge in [0.25, 0.3) is 0 Å². The number of rotatable bonds is 5. The van der Waals surface area contributed by atoms with Gasteiger partial charge in [0.2, 0.25) is 0 Å². The summed E-state index contributed by atoms with van der Waals surface area (Å²) in [6.07, 6.45) is 2.15. The zero-order valence-corrected chi connectivity index (χ0v) is 12.5. The molecule has 0 radical (unpaired) electrons. The zero-order chi connectivity index (χ0) is 13.4. The van der Waals surface area contributed by atoms with Crippen LogP contribution >= 0.6 is 11.8 Å². The SMILES string of the molecule is CCC/C(C)=N/N=C(\C)SCc1cccc(C)c1. The molecule has 18 heavy (non-hydrogen) atoms. The van der Waals surface area contributed by atoms with Crippen molar-refractivity contribution in [2.45, 2.75) is 46.3 Å². The highest BCUT2D eigenvalue weighted by molar-refractivity contribution is 8.13. The van der Waals surface area contributed by atoms with Gasteiger partial charge in [-0.05, 0) is 32.8 Å². The van der Waals surface area contributed by atoms with Gasteiger partial charge < -0.3 is 0 Å². The number of benzene rings is 1. The largest absolute Gasteiger partial charge is 0.160 e. The van der Waals surface area contributed by atoms with Crippen LogP contribution < -0.4 is 0 Å². The molecular formula is C15H22N2S. The Morgan fingerprint density at radius 1 is 1.22 bits per heavy atom. The van der Waals surface area contributed by atoms with Crippen LogP contribution in [0.25, 0.3) is 0 Å². The van der Waals surface area contributed by atoms with E-state index in [9.17, 15) is 0 Å². The van der Waals surface area contributed by atoms with Crippen molar-refractivity contribution >= 4 is 22.5 Å². The number of thioether (sulfide) groups is 1. The second kappa shape index (κ2) is 8.09. The fourth-order valence-electron chi connectivity index (χ4n) is 1.59. The molecule has 1 rings (SSSR count). The molecule has 2 nitrogen and oxygen atoms in total. The van der Waals surface area contributed by atoms with Crippen molar-refractivity contribution in [3.63, 3.8) is 0 Å². The Kier molecular flexibility index (Phi) is 6.73. The molecule has 0 aromatic heterocycles. The van der Waals surface area contributed by atoms with E-state index in [4.69, 9.17) is 0 Å². The second-order valence-corrected chi connectivity index (χ2v) is 5.65. The Morgan fingerprint density at radius 3 is 2.67 bits per heavy atom. The number of hydrogen-bond acceptors (Lipinski definition) is 3. The second-order valence-electron chi connectivity index (χ2n) is 4.48. The highest BCUT2D eigenvalue weighted by Gasteiger charge is 1.97. The smallest absolute Gasteiger partial charge is 0.0930 e. The number of aryl methyl sites for hydroxylation is 1. The first-order valence-electron chi connectivity index (χ1n) is 6.38. The maximum atomic E-state index is 4.25. The van der Waals surface area contributed by atoms with E-state index in [2.05, 4.69) is 48.3 Å². The Hall–Kier alpha value is -1.09. The first-order valence-corrected chi connectivity index (χ1v) is 7.36. The molecule has 1 aromatic carbocycles. The molecule has 98 valence electrons. The third kappa shape index (κ3) is 6.01. The lowest BCUT2D eigenvalue weighted by atomic mass is 10.2. The standard InChI is InChI=1S/C15H22N2S/c1-5-7-13(3)16-17-14(4)18-11-15-9-6-8-12(2)10-15/h6,8-10H,5,7,11H2,1-4H3/b16-13+,17-14+. The molecule has 0 fully saturated rings. The summed E-state index contributed by atoms with van der Waals surface area (Å²) in [5.41, 5.74) is 3.75. The van der Waals surface area contributed by atoms with E-state index in [1.54, 1.807) is 11.8 Å². The van der Waals surface area contributed by atoms with E-state index in [1.165, 1.54) is 11.1 Å². The summed E-state index contributed by atoms with van der Waals surface area (Å²) in [7, 11) is 0. The third-order valence-electron chi connectivity index (χ3n) is 2.50. The van der Waals surface area contributed by atoms with Gasteiger partial charge in [-0.2, -0.15) is 5.10 Å². The van der Waals surface area contributed by atoms with E-state index in [0.717, 1.165) is 29.3 Å². The van der Waals surface area contributed by atoms with E-state index in [1.807, 2.05) is 13.8 Å². The van der Waals surface area contributed by atoms with E-state index in [-0.39, 0.29) is 0 Å². The lowest BCUT2D eigenvalue weighted by molar-refractivity contribution is 0.977. The first kappa shape index (κ1) is 15.0. The highest BCUT2D eigenvalue weighted by Crippen LogP contribution is 2.15. The summed E-state index contributed by atoms with van der Waals surface area (Å²) in [5, 5.41) is 9.50. The lowest BCUT2D eigenvalue weighted by Crippen LogP contribution is -1.91. The fourth-order valence-corrected chi connectivity index (χ4v) is 2.24. The predicted octanol–water partition coefficient (Wildman–Crippen LogP) is 4.82. The van der Waals surface area contributed by atoms with Gasteiger partial charge in [-0.3, -0.25) is 0 Å². The average Bonchev–Trinajstić information content (AvgIpc) is 2.34. The van der Waals surface area contributed by atoms with Crippen molar-refractivity contribution < 1.29 is 0 Å². The van der Waals surface area contributed by atoms with Crippen LogP contribution in [0, 0.1) is 6.92 Å². The van der Waals surface area contributed by atoms with Gasteiger partial charge in [0.1, 0.15) is 0 Å². The molecule has 0 heterocycles. The monoisotopic (exact) mass is 262 g/mol. The Bertz CT molecular complexity index is 436. The summed E-state index contributed by atoms with van der Waals surface area (Å²) in [4.78, 5) is 0. The zero-order valence-electron chi connectivity index (χ0n) is 11.7. The van der Waals surface area contributed by atoms with Crippen LogP contribution in [0.1, 0.15) is 44.7 Å². The molecule has 0 aliphatic rings. The van der Waals surface area contributed by atoms with E-state index >= 15 is 0 Å². The van der Waals surface area contributed by atoms with Gasteiger partial charge in [0.15, 0.2) is 0 Å². The summed E-state index contributed by atoms with van der Waals surface area (Å²) in [5.74, 6) is 0.958. The summed E-state index contributed by atoms with van der Waals surface area (Å²) in [6.45, 7) is 8.32. The number of nitrogens with zero attached hydrogens (tertiary/aromatic N) is 2. The molecule has 0 saturated heterocycles. The van der Waals surface area contributed by atoms with Crippen LogP contribution in [0.15, 0.2) is 34.5 Å². The summed E-state index contributed by atoms with van der Waals surface area (Å²) in [6, 6.07) is 8.58. The summed E-state index contributed by atoms with van der Waals surface area (Å²) >= 11 is 1.74. The van der Waals surface area contributed by atoms with E-state index in [0.29, 0.717) is 0 Å². The molecule has 1 aromatic rings. The first-order chi connectivity index (χ1) is 8.61. The molecule has 0 amide bonds. The normalized spacial score (nSPS) is 12.9. The molecule has 0 aliphatic carbocycles. The minimum Gasteiger partial charge on any atom is -0.160 e. The van der Waals surface area contributed by atoms with Crippen molar-refractivity contribution in [3.05, 3.63) is 35.4 Å². The van der Waals surface area contributed by atoms with Crippen LogP contribution in [-0.2, 0) is 5.75 Å². The van der Waals surface area contributed by atoms with Gasteiger partial charge in [-0.25, -0.2) is 0 Å². The van der Waals surface area contributed by atoms with Crippen LogP contribution in [0.5, 0.6) is 0 Å². The minimum absolute atomic E-state index is 0.958. The maximum Gasteiger partial charge on any atom is 0.0930 e. The van der Waals surface area contributed by atoms with Crippen LogP contribution in [-0.4, -0.2) is 10.8 Å². The molecule has 0 unspecified atom stereocenters. The number of hydrogen-bond donors (Lipinski definition) is 0. The van der Waals surface area contributed by atoms with Crippen LogP contribution in [0.4, 0.5) is 0 Å². The molecule has 0 N–H and O–H groups in total. The van der Waals surface area contributed by atoms with Crippen LogP contribution in [0.2, 0.25) is 0 Å². The topological polar surface area (TPSA) is 24.7 Å². The molecule has 3 heteroatoms. The van der Waals surface area contributed by atoms with Crippen molar-refractivity contribution in [2.75, 3.05) is 0 Å². The molecule has 0 saturated carbocycles. The molecule has 0 aliphatic heterocycles. The predicted molar refractivity (Wildman–Crippen MR) is 83.6 cm³/mol. The Balaban J connectivity index is 2.48. The molecular weight excluding hydrogens is 240 g/mol. The third-order valence-corrected chi connectivity index (χ3v) is 3.48. The van der Waals surface area contributed by atoms with Crippen molar-refractivity contribution in [2.24, 2.45) is 10.2 Å². The maximum absolute atomic E-state index is 4.25. The summed E-state index contributed by atoms with van der Waals surface area (Å²) < 4.78 is 0. The van der Waals surface area contributed by atoms with Gasteiger partial charge >= 0.3 is 0 Å². The quantitative estimate of drug-likeness (QED) is 0.424. The van der Waals surface area contributed by atoms with Gasteiger partial charge in [0.05, 0.1) is 5.04 Å². The highest BCUT2D eigenvalue weighted by atomic mass is 32.2. The van der Waals surface area contributed by atoms with E-state index < -0.39 is 0 Å². The van der Waals surface area contributed by atoms with Gasteiger partial charge in [-0.15, -0.1) is 16.9 Å². The molecule has 0 spiro atoms. The molecule has 0 atom stereocenters. The van der Waals surface area contributed by atoms with Gasteiger partial charge in [0, 0.05) is 11.5 Å².